The maximum atomic E-state index is 12.0. The molecule has 0 radical (unpaired) electrons. The Morgan fingerprint density at radius 1 is 1.31 bits per heavy atom. The van der Waals surface area contributed by atoms with E-state index in [4.69, 9.17) is 9.72 Å². The number of anilines is 1. The van der Waals surface area contributed by atoms with Crippen LogP contribution in [-0.2, 0) is 7.05 Å². The van der Waals surface area contributed by atoms with Gasteiger partial charge in [0.05, 0.1) is 30.7 Å². The molecule has 0 bridgehead atoms. The highest BCUT2D eigenvalue weighted by Gasteiger charge is 2.17. The van der Waals surface area contributed by atoms with Gasteiger partial charge < -0.3 is 10.1 Å². The van der Waals surface area contributed by atoms with Crippen molar-refractivity contribution in [3.63, 3.8) is 0 Å². The number of benzene rings is 1. The van der Waals surface area contributed by atoms with E-state index >= 15 is 0 Å². The number of thiazole rings is 1. The molecule has 0 fully saturated rings. The van der Waals surface area contributed by atoms with Crippen LogP contribution < -0.4 is 15.6 Å². The summed E-state index contributed by atoms with van der Waals surface area (Å²) in [5.41, 5.74) is 2.50. The molecule has 3 aromatic rings. The van der Waals surface area contributed by atoms with Crippen LogP contribution in [0.5, 0.6) is 5.75 Å². The van der Waals surface area contributed by atoms with Gasteiger partial charge in [-0.1, -0.05) is 0 Å². The molecule has 0 aliphatic rings. The van der Waals surface area contributed by atoms with Crippen molar-refractivity contribution in [3.05, 3.63) is 55.9 Å². The first-order valence-corrected chi connectivity index (χ1v) is 9.61. The summed E-state index contributed by atoms with van der Waals surface area (Å²) in [6.45, 7) is 4.04. The molecule has 0 amide bonds. The Labute approximate surface area is 164 Å². The van der Waals surface area contributed by atoms with Crippen molar-refractivity contribution in [3.8, 4) is 16.3 Å². The van der Waals surface area contributed by atoms with Crippen molar-refractivity contribution in [2.24, 2.45) is 7.05 Å². The Bertz CT molecular complexity index is 982. The normalized spacial score (nSPS) is 12.0. The Balaban J connectivity index is 1.86. The standard InChI is InChI=1S/C18H19BrN4O2S/c1-10(21-14-9-20-23(3)18(24)15(14)19)16-11(2)22-17(26-16)12-5-7-13(25-4)8-6-12/h5-10,21H,1-4H3. The van der Waals surface area contributed by atoms with Gasteiger partial charge in [-0.15, -0.1) is 11.3 Å². The molecular formula is C18H19BrN4O2S. The molecule has 2 aromatic heterocycles. The summed E-state index contributed by atoms with van der Waals surface area (Å²) in [5.74, 6) is 0.820. The van der Waals surface area contributed by atoms with E-state index in [-0.39, 0.29) is 11.6 Å². The molecule has 0 aliphatic carbocycles. The summed E-state index contributed by atoms with van der Waals surface area (Å²) < 4.78 is 6.97. The van der Waals surface area contributed by atoms with Crippen LogP contribution in [0.15, 0.2) is 39.7 Å². The Morgan fingerprint density at radius 2 is 2.00 bits per heavy atom. The second-order valence-corrected chi connectivity index (χ2v) is 7.69. The highest BCUT2D eigenvalue weighted by atomic mass is 79.9. The quantitative estimate of drug-likeness (QED) is 0.652. The first kappa shape index (κ1) is 18.6. The number of hydrogen-bond acceptors (Lipinski definition) is 6. The van der Waals surface area contributed by atoms with Gasteiger partial charge in [0.15, 0.2) is 0 Å². The van der Waals surface area contributed by atoms with Crippen LogP contribution in [0.1, 0.15) is 23.5 Å². The maximum absolute atomic E-state index is 12.0. The lowest BCUT2D eigenvalue weighted by Crippen LogP contribution is -2.22. The zero-order valence-electron chi connectivity index (χ0n) is 14.9. The third-order valence-electron chi connectivity index (χ3n) is 4.01. The Kier molecular flexibility index (Phi) is 5.43. The number of ether oxygens (including phenoxy) is 1. The predicted molar refractivity (Wildman–Crippen MR) is 108 cm³/mol. The molecule has 6 nitrogen and oxygen atoms in total. The first-order valence-electron chi connectivity index (χ1n) is 8.00. The second kappa shape index (κ2) is 7.59. The fourth-order valence-electron chi connectivity index (χ4n) is 2.58. The number of nitrogens with zero attached hydrogens (tertiary/aromatic N) is 3. The van der Waals surface area contributed by atoms with E-state index in [2.05, 4.69) is 26.3 Å². The molecule has 1 aromatic carbocycles. The molecular weight excluding hydrogens is 416 g/mol. The average molecular weight is 435 g/mol. The van der Waals surface area contributed by atoms with E-state index in [0.717, 1.165) is 26.9 Å². The fourth-order valence-corrected chi connectivity index (χ4v) is 4.12. The van der Waals surface area contributed by atoms with Crippen LogP contribution in [0, 0.1) is 6.92 Å². The lowest BCUT2D eigenvalue weighted by molar-refractivity contribution is 0.415. The van der Waals surface area contributed by atoms with Crippen molar-refractivity contribution in [2.45, 2.75) is 19.9 Å². The van der Waals surface area contributed by atoms with E-state index in [1.54, 1.807) is 31.7 Å². The summed E-state index contributed by atoms with van der Waals surface area (Å²) in [5, 5.41) is 8.37. The van der Waals surface area contributed by atoms with Gasteiger partial charge in [0.1, 0.15) is 15.2 Å². The van der Waals surface area contributed by atoms with Gasteiger partial charge in [-0.3, -0.25) is 4.79 Å². The maximum Gasteiger partial charge on any atom is 0.282 e. The van der Waals surface area contributed by atoms with Crippen LogP contribution in [-0.4, -0.2) is 21.9 Å². The van der Waals surface area contributed by atoms with Crippen molar-refractivity contribution in [1.82, 2.24) is 14.8 Å². The Hall–Kier alpha value is -2.19. The molecule has 0 saturated heterocycles. The smallest absolute Gasteiger partial charge is 0.282 e. The Morgan fingerprint density at radius 3 is 2.65 bits per heavy atom. The summed E-state index contributed by atoms with van der Waals surface area (Å²) in [4.78, 5) is 17.8. The summed E-state index contributed by atoms with van der Waals surface area (Å²) >= 11 is 4.98. The van der Waals surface area contributed by atoms with E-state index in [1.165, 1.54) is 4.68 Å². The number of halogens is 1. The summed E-state index contributed by atoms with van der Waals surface area (Å²) in [7, 11) is 3.27. The van der Waals surface area contributed by atoms with Crippen LogP contribution >= 0.6 is 27.3 Å². The van der Waals surface area contributed by atoms with Crippen LogP contribution in [0.4, 0.5) is 5.69 Å². The monoisotopic (exact) mass is 434 g/mol. The minimum Gasteiger partial charge on any atom is -0.497 e. The van der Waals surface area contributed by atoms with Crippen LogP contribution in [0.25, 0.3) is 10.6 Å². The molecule has 136 valence electrons. The molecule has 1 unspecified atom stereocenters. The minimum absolute atomic E-state index is 0.00953. The van der Waals surface area contributed by atoms with Gasteiger partial charge in [-0.05, 0) is 54.0 Å². The number of aromatic nitrogens is 3. The van der Waals surface area contributed by atoms with Gasteiger partial charge in [0.2, 0.25) is 0 Å². The third-order valence-corrected chi connectivity index (χ3v) is 6.17. The number of hydrogen-bond donors (Lipinski definition) is 1. The van der Waals surface area contributed by atoms with Crippen molar-refractivity contribution < 1.29 is 4.74 Å². The lowest BCUT2D eigenvalue weighted by atomic mass is 10.2. The van der Waals surface area contributed by atoms with Crippen LogP contribution in [0.2, 0.25) is 0 Å². The average Bonchev–Trinajstić information content (AvgIpc) is 3.04. The molecule has 26 heavy (non-hydrogen) atoms. The third kappa shape index (κ3) is 3.66. The van der Waals surface area contributed by atoms with Gasteiger partial charge in [0, 0.05) is 17.5 Å². The zero-order chi connectivity index (χ0) is 18.8. The van der Waals surface area contributed by atoms with Crippen LogP contribution in [0.3, 0.4) is 0 Å². The molecule has 1 N–H and O–H groups in total. The van der Waals surface area contributed by atoms with Crippen molar-refractivity contribution in [1.29, 1.82) is 0 Å². The highest BCUT2D eigenvalue weighted by Crippen LogP contribution is 2.34. The topological polar surface area (TPSA) is 69.0 Å². The second-order valence-electron chi connectivity index (χ2n) is 5.86. The molecule has 8 heteroatoms. The largest absolute Gasteiger partial charge is 0.497 e. The molecule has 2 heterocycles. The summed E-state index contributed by atoms with van der Waals surface area (Å²) in [6, 6.07) is 7.84. The molecule has 0 spiro atoms. The zero-order valence-corrected chi connectivity index (χ0v) is 17.3. The van der Waals surface area contributed by atoms with Gasteiger partial charge in [-0.2, -0.15) is 5.10 Å². The van der Waals surface area contributed by atoms with E-state index in [0.29, 0.717) is 10.2 Å². The molecule has 0 aliphatic heterocycles. The molecule has 1 atom stereocenters. The molecule has 0 saturated carbocycles. The number of aryl methyl sites for hydroxylation is 2. The van der Waals surface area contributed by atoms with Crippen molar-refractivity contribution >= 4 is 33.0 Å². The summed E-state index contributed by atoms with van der Waals surface area (Å²) in [6.07, 6.45) is 1.64. The van der Waals surface area contributed by atoms with Gasteiger partial charge >= 0.3 is 0 Å². The number of rotatable bonds is 5. The first-order chi connectivity index (χ1) is 12.4. The van der Waals surface area contributed by atoms with Crippen molar-refractivity contribution in [2.75, 3.05) is 12.4 Å². The lowest BCUT2D eigenvalue weighted by Gasteiger charge is -2.15. The van der Waals surface area contributed by atoms with E-state index < -0.39 is 0 Å². The number of methoxy groups -OCH3 is 1. The molecule has 3 rings (SSSR count). The van der Waals surface area contributed by atoms with Gasteiger partial charge in [-0.25, -0.2) is 9.67 Å². The minimum atomic E-state index is -0.179. The fraction of sp³-hybridized carbons (Fsp3) is 0.278. The number of nitrogens with one attached hydrogen (secondary N) is 1. The highest BCUT2D eigenvalue weighted by molar-refractivity contribution is 9.10. The van der Waals surface area contributed by atoms with E-state index in [1.807, 2.05) is 38.1 Å². The van der Waals surface area contributed by atoms with E-state index in [9.17, 15) is 4.79 Å². The van der Waals surface area contributed by atoms with Gasteiger partial charge in [0.25, 0.3) is 5.56 Å². The predicted octanol–water partition coefficient (Wildman–Crippen LogP) is 4.16. The SMILES string of the molecule is COc1ccc(-c2nc(C)c(C(C)Nc3cnn(C)c(=O)c3Br)s2)cc1.